The van der Waals surface area contributed by atoms with E-state index in [1.807, 2.05) is 6.92 Å². The Morgan fingerprint density at radius 1 is 1.53 bits per heavy atom. The number of oxazole rings is 1. The molecule has 0 unspecified atom stereocenters. The maximum Gasteiger partial charge on any atom is 0.335 e. The molecule has 0 bridgehead atoms. The van der Waals surface area contributed by atoms with E-state index in [-0.39, 0.29) is 5.56 Å². The number of benzene rings is 1. The van der Waals surface area contributed by atoms with E-state index < -0.39 is 5.97 Å². The normalized spacial score (nSPS) is 10.2. The monoisotopic (exact) mass is 232 g/mol. The van der Waals surface area contributed by atoms with Crippen LogP contribution in [0.15, 0.2) is 34.9 Å². The largest absolute Gasteiger partial charge is 0.478 e. The smallest absolute Gasteiger partial charge is 0.335 e. The standard InChI is InChI=1S/C12H12N2O3/c1-8-6-14-11(17-8)7-13-10-4-2-3-9(5-10)12(15)16/h2-6,13H,7H2,1H3,(H,15,16). The molecule has 0 atom stereocenters. The number of nitrogens with zero attached hydrogens (tertiary/aromatic N) is 1. The van der Waals surface area contributed by atoms with Crippen LogP contribution in [0.3, 0.4) is 0 Å². The van der Waals surface area contributed by atoms with Crippen molar-refractivity contribution < 1.29 is 14.3 Å². The lowest BCUT2D eigenvalue weighted by atomic mass is 10.2. The molecule has 0 saturated heterocycles. The predicted octanol–water partition coefficient (Wildman–Crippen LogP) is 2.29. The maximum absolute atomic E-state index is 10.8. The number of anilines is 1. The minimum atomic E-state index is -0.944. The zero-order valence-corrected chi connectivity index (χ0v) is 9.30. The Labute approximate surface area is 98.1 Å². The fourth-order valence-corrected chi connectivity index (χ4v) is 1.42. The van der Waals surface area contributed by atoms with Gasteiger partial charge < -0.3 is 14.8 Å². The Hall–Kier alpha value is -2.30. The third kappa shape index (κ3) is 2.84. The molecular weight excluding hydrogens is 220 g/mol. The second-order valence-corrected chi connectivity index (χ2v) is 3.60. The average Bonchev–Trinajstić information content (AvgIpc) is 2.73. The molecule has 1 aromatic heterocycles. The van der Waals surface area contributed by atoms with Crippen LogP contribution in [0, 0.1) is 6.92 Å². The molecule has 0 fully saturated rings. The van der Waals surface area contributed by atoms with Gasteiger partial charge in [0.25, 0.3) is 0 Å². The van der Waals surface area contributed by atoms with Crippen molar-refractivity contribution in [3.63, 3.8) is 0 Å². The molecule has 5 heteroatoms. The van der Waals surface area contributed by atoms with Gasteiger partial charge in [0.15, 0.2) is 0 Å². The SMILES string of the molecule is Cc1cnc(CNc2cccc(C(=O)O)c2)o1. The number of aromatic carboxylic acids is 1. The van der Waals surface area contributed by atoms with E-state index in [1.54, 1.807) is 30.5 Å². The highest BCUT2D eigenvalue weighted by Gasteiger charge is 2.04. The van der Waals surface area contributed by atoms with Gasteiger partial charge in [-0.05, 0) is 25.1 Å². The number of carbonyl (C=O) groups is 1. The van der Waals surface area contributed by atoms with E-state index in [4.69, 9.17) is 9.52 Å². The number of rotatable bonds is 4. The number of nitrogens with one attached hydrogen (secondary N) is 1. The summed E-state index contributed by atoms with van der Waals surface area (Å²) in [5.74, 6) is 0.380. The molecule has 1 heterocycles. The number of aryl methyl sites for hydroxylation is 1. The van der Waals surface area contributed by atoms with Gasteiger partial charge in [0.2, 0.25) is 5.89 Å². The molecule has 2 rings (SSSR count). The van der Waals surface area contributed by atoms with Gasteiger partial charge in [0.05, 0.1) is 18.3 Å². The molecule has 88 valence electrons. The van der Waals surface area contributed by atoms with Crippen molar-refractivity contribution in [1.29, 1.82) is 0 Å². The van der Waals surface area contributed by atoms with Crippen LogP contribution in [0.5, 0.6) is 0 Å². The minimum Gasteiger partial charge on any atom is -0.478 e. The number of hydrogen-bond donors (Lipinski definition) is 2. The molecular formula is C12H12N2O3. The van der Waals surface area contributed by atoms with Crippen molar-refractivity contribution in [2.75, 3.05) is 5.32 Å². The lowest BCUT2D eigenvalue weighted by molar-refractivity contribution is 0.0697. The first-order valence-electron chi connectivity index (χ1n) is 5.13. The highest BCUT2D eigenvalue weighted by molar-refractivity contribution is 5.88. The Balaban J connectivity index is 2.04. The van der Waals surface area contributed by atoms with Crippen LogP contribution >= 0.6 is 0 Å². The van der Waals surface area contributed by atoms with Crippen molar-refractivity contribution in [3.05, 3.63) is 47.7 Å². The number of carboxylic acid groups (broad SMARTS) is 1. The molecule has 2 N–H and O–H groups in total. The molecule has 1 aromatic carbocycles. The first-order chi connectivity index (χ1) is 8.15. The van der Waals surface area contributed by atoms with E-state index >= 15 is 0 Å². The first-order valence-corrected chi connectivity index (χ1v) is 5.13. The zero-order chi connectivity index (χ0) is 12.3. The van der Waals surface area contributed by atoms with Crippen LogP contribution in [0.25, 0.3) is 0 Å². The molecule has 0 radical (unpaired) electrons. The Kier molecular flexibility index (Phi) is 3.09. The predicted molar refractivity (Wildman–Crippen MR) is 62.0 cm³/mol. The third-order valence-corrected chi connectivity index (χ3v) is 2.22. The number of hydrogen-bond acceptors (Lipinski definition) is 4. The van der Waals surface area contributed by atoms with Crippen molar-refractivity contribution >= 4 is 11.7 Å². The Morgan fingerprint density at radius 3 is 3.00 bits per heavy atom. The molecule has 2 aromatic rings. The Morgan fingerprint density at radius 2 is 2.35 bits per heavy atom. The average molecular weight is 232 g/mol. The molecule has 0 aliphatic carbocycles. The number of carboxylic acids is 1. The molecule has 0 aliphatic heterocycles. The summed E-state index contributed by atoms with van der Waals surface area (Å²) in [6.07, 6.45) is 1.64. The lowest BCUT2D eigenvalue weighted by Gasteiger charge is -2.04. The second kappa shape index (κ2) is 4.69. The summed E-state index contributed by atoms with van der Waals surface area (Å²) in [6, 6.07) is 6.59. The zero-order valence-electron chi connectivity index (χ0n) is 9.30. The molecule has 0 amide bonds. The van der Waals surface area contributed by atoms with E-state index in [9.17, 15) is 4.79 Å². The fraction of sp³-hybridized carbons (Fsp3) is 0.167. The molecule has 5 nitrogen and oxygen atoms in total. The van der Waals surface area contributed by atoms with Crippen molar-refractivity contribution in [2.24, 2.45) is 0 Å². The van der Waals surface area contributed by atoms with E-state index in [0.29, 0.717) is 12.4 Å². The van der Waals surface area contributed by atoms with Crippen molar-refractivity contribution in [2.45, 2.75) is 13.5 Å². The van der Waals surface area contributed by atoms with Crippen LogP contribution < -0.4 is 5.32 Å². The van der Waals surface area contributed by atoms with Gasteiger partial charge in [-0.15, -0.1) is 0 Å². The van der Waals surface area contributed by atoms with E-state index in [0.717, 1.165) is 11.4 Å². The quantitative estimate of drug-likeness (QED) is 0.845. The summed E-state index contributed by atoms with van der Waals surface area (Å²) in [6.45, 7) is 2.25. The fourth-order valence-electron chi connectivity index (χ4n) is 1.42. The van der Waals surface area contributed by atoms with Crippen LogP contribution in [-0.2, 0) is 6.54 Å². The van der Waals surface area contributed by atoms with E-state index in [1.165, 1.54) is 0 Å². The van der Waals surface area contributed by atoms with Gasteiger partial charge in [-0.2, -0.15) is 0 Å². The number of aromatic nitrogens is 1. The maximum atomic E-state index is 10.8. The van der Waals surface area contributed by atoms with Gasteiger partial charge in [-0.25, -0.2) is 9.78 Å². The highest BCUT2D eigenvalue weighted by atomic mass is 16.4. The van der Waals surface area contributed by atoms with Crippen LogP contribution in [0.2, 0.25) is 0 Å². The molecule has 0 saturated carbocycles. The molecule has 0 aliphatic rings. The van der Waals surface area contributed by atoms with Gasteiger partial charge in [-0.1, -0.05) is 6.07 Å². The lowest BCUT2D eigenvalue weighted by Crippen LogP contribution is -2.02. The summed E-state index contributed by atoms with van der Waals surface area (Å²) < 4.78 is 5.29. The van der Waals surface area contributed by atoms with Crippen molar-refractivity contribution in [3.8, 4) is 0 Å². The summed E-state index contributed by atoms with van der Waals surface area (Å²) in [7, 11) is 0. The van der Waals surface area contributed by atoms with E-state index in [2.05, 4.69) is 10.3 Å². The molecule has 0 spiro atoms. The summed E-state index contributed by atoms with van der Waals surface area (Å²) in [5, 5.41) is 11.9. The third-order valence-electron chi connectivity index (χ3n) is 2.22. The second-order valence-electron chi connectivity index (χ2n) is 3.60. The minimum absolute atomic E-state index is 0.249. The van der Waals surface area contributed by atoms with Gasteiger partial charge in [-0.3, -0.25) is 0 Å². The van der Waals surface area contributed by atoms with Crippen LogP contribution in [0.4, 0.5) is 5.69 Å². The van der Waals surface area contributed by atoms with Crippen LogP contribution in [-0.4, -0.2) is 16.1 Å². The van der Waals surface area contributed by atoms with Crippen molar-refractivity contribution in [1.82, 2.24) is 4.98 Å². The van der Waals surface area contributed by atoms with Gasteiger partial charge >= 0.3 is 5.97 Å². The molecule has 17 heavy (non-hydrogen) atoms. The first kappa shape index (κ1) is 11.2. The highest BCUT2D eigenvalue weighted by Crippen LogP contribution is 2.12. The van der Waals surface area contributed by atoms with Gasteiger partial charge in [0, 0.05) is 5.69 Å². The topological polar surface area (TPSA) is 75.4 Å². The summed E-state index contributed by atoms with van der Waals surface area (Å²) in [4.78, 5) is 14.8. The van der Waals surface area contributed by atoms with Gasteiger partial charge in [0.1, 0.15) is 5.76 Å². The Bertz CT molecular complexity index is 534. The summed E-state index contributed by atoms with van der Waals surface area (Å²) in [5.41, 5.74) is 0.972. The summed E-state index contributed by atoms with van der Waals surface area (Å²) >= 11 is 0. The van der Waals surface area contributed by atoms with Crippen LogP contribution in [0.1, 0.15) is 22.0 Å².